The molecule has 12 heteroatoms. The third-order valence-electron chi connectivity index (χ3n) is 5.54. The second kappa shape index (κ2) is 9.66. The normalized spacial score (nSPS) is 13.6. The predicted octanol–water partition coefficient (Wildman–Crippen LogP) is 4.68. The Bertz CT molecular complexity index is 1580. The van der Waals surface area contributed by atoms with E-state index in [2.05, 4.69) is 10.1 Å². The highest BCUT2D eigenvalue weighted by atomic mass is 32.1. The number of nitro groups is 1. The lowest BCUT2D eigenvalue weighted by molar-refractivity contribution is -0.384. The van der Waals surface area contributed by atoms with Gasteiger partial charge in [0.15, 0.2) is 0 Å². The van der Waals surface area contributed by atoms with E-state index in [1.807, 2.05) is 0 Å². The standard InChI is InChI=1S/C25H16FN5O5S/c26-17-6-9-20-21(13-17)37-25(28-20)30(27-14-15-4-7-18(8-5-15)31(35)36)24(34)16-2-1-3-19(12-16)29-22(32)10-11-23(29)33/h1-9,12-14H,10-11H2/b27-14+. The van der Waals surface area contributed by atoms with Crippen molar-refractivity contribution in [1.82, 2.24) is 4.98 Å². The number of aromatic nitrogens is 1. The maximum atomic E-state index is 13.7. The summed E-state index contributed by atoms with van der Waals surface area (Å²) in [7, 11) is 0. The average Bonchev–Trinajstić information content (AvgIpc) is 3.46. The van der Waals surface area contributed by atoms with Crippen LogP contribution in [-0.2, 0) is 9.59 Å². The van der Waals surface area contributed by atoms with Crippen LogP contribution in [0.1, 0.15) is 28.8 Å². The van der Waals surface area contributed by atoms with Gasteiger partial charge in [0.2, 0.25) is 16.9 Å². The Morgan fingerprint density at radius 2 is 1.81 bits per heavy atom. The van der Waals surface area contributed by atoms with E-state index in [0.29, 0.717) is 15.8 Å². The summed E-state index contributed by atoms with van der Waals surface area (Å²) in [5.74, 6) is -1.77. The van der Waals surface area contributed by atoms with Crippen LogP contribution in [-0.4, -0.2) is 33.8 Å². The molecule has 5 rings (SSSR count). The maximum Gasteiger partial charge on any atom is 0.280 e. The van der Waals surface area contributed by atoms with Crippen molar-refractivity contribution in [2.24, 2.45) is 5.10 Å². The third kappa shape index (κ3) is 4.82. The molecule has 0 aliphatic carbocycles. The predicted molar refractivity (Wildman–Crippen MR) is 135 cm³/mol. The first-order valence-corrected chi connectivity index (χ1v) is 11.8. The first-order chi connectivity index (χ1) is 17.8. The molecule has 184 valence electrons. The lowest BCUT2D eigenvalue weighted by Crippen LogP contribution is -2.29. The first-order valence-electron chi connectivity index (χ1n) is 10.9. The molecular formula is C25H16FN5O5S. The number of hydrogen-bond acceptors (Lipinski definition) is 8. The van der Waals surface area contributed by atoms with Crippen LogP contribution in [0.3, 0.4) is 0 Å². The zero-order chi connectivity index (χ0) is 26.1. The number of amides is 3. The van der Waals surface area contributed by atoms with Gasteiger partial charge in [0.05, 0.1) is 27.0 Å². The van der Waals surface area contributed by atoms with Gasteiger partial charge < -0.3 is 0 Å². The summed E-state index contributed by atoms with van der Waals surface area (Å²) < 4.78 is 14.2. The molecule has 3 aromatic carbocycles. The minimum absolute atomic E-state index is 0.0962. The number of nitro benzene ring substituents is 1. The van der Waals surface area contributed by atoms with Crippen LogP contribution in [0.2, 0.25) is 0 Å². The van der Waals surface area contributed by atoms with Crippen LogP contribution in [0.4, 0.5) is 20.9 Å². The number of nitrogens with zero attached hydrogens (tertiary/aromatic N) is 5. The van der Waals surface area contributed by atoms with Crippen molar-refractivity contribution in [1.29, 1.82) is 0 Å². The molecule has 0 bridgehead atoms. The minimum Gasteiger partial charge on any atom is -0.274 e. The number of thiazole rings is 1. The number of hydrazone groups is 1. The number of imide groups is 1. The van der Waals surface area contributed by atoms with Crippen LogP contribution in [0, 0.1) is 15.9 Å². The van der Waals surface area contributed by atoms with Crippen molar-refractivity contribution in [2.75, 3.05) is 9.91 Å². The molecule has 37 heavy (non-hydrogen) atoms. The number of anilines is 2. The molecular weight excluding hydrogens is 501 g/mol. The molecule has 3 amide bonds. The van der Waals surface area contributed by atoms with Crippen molar-refractivity contribution in [3.8, 4) is 0 Å². The smallest absolute Gasteiger partial charge is 0.274 e. The summed E-state index contributed by atoms with van der Waals surface area (Å²) in [6, 6.07) is 15.6. The maximum absolute atomic E-state index is 13.7. The molecule has 0 atom stereocenters. The fourth-order valence-corrected chi connectivity index (χ4v) is 4.68. The fourth-order valence-electron chi connectivity index (χ4n) is 3.74. The lowest BCUT2D eigenvalue weighted by Gasteiger charge is -2.17. The van der Waals surface area contributed by atoms with E-state index in [9.17, 15) is 28.9 Å². The van der Waals surface area contributed by atoms with Gasteiger partial charge in [-0.05, 0) is 54.1 Å². The molecule has 1 aromatic heterocycles. The highest BCUT2D eigenvalue weighted by Crippen LogP contribution is 2.31. The molecule has 4 aromatic rings. The van der Waals surface area contributed by atoms with Crippen molar-refractivity contribution in [3.05, 3.63) is 93.8 Å². The molecule has 1 aliphatic rings. The lowest BCUT2D eigenvalue weighted by atomic mass is 10.1. The Morgan fingerprint density at radius 1 is 1.08 bits per heavy atom. The highest BCUT2D eigenvalue weighted by molar-refractivity contribution is 7.22. The number of benzene rings is 3. The number of hydrogen-bond donors (Lipinski definition) is 0. The number of fused-ring (bicyclic) bond motifs is 1. The van der Waals surface area contributed by atoms with Crippen LogP contribution in [0.15, 0.2) is 71.8 Å². The topological polar surface area (TPSA) is 126 Å². The van der Waals surface area contributed by atoms with E-state index in [1.54, 1.807) is 12.1 Å². The Hall–Kier alpha value is -4.84. The van der Waals surface area contributed by atoms with Crippen LogP contribution >= 0.6 is 11.3 Å². The molecule has 0 unspecified atom stereocenters. The van der Waals surface area contributed by atoms with Gasteiger partial charge in [-0.15, -0.1) is 0 Å². The van der Waals surface area contributed by atoms with Crippen molar-refractivity contribution < 1.29 is 23.7 Å². The van der Waals surface area contributed by atoms with Gasteiger partial charge in [0, 0.05) is 30.5 Å². The van der Waals surface area contributed by atoms with E-state index in [1.165, 1.54) is 60.8 Å². The van der Waals surface area contributed by atoms with E-state index in [4.69, 9.17) is 0 Å². The third-order valence-corrected chi connectivity index (χ3v) is 6.54. The summed E-state index contributed by atoms with van der Waals surface area (Å²) in [6.45, 7) is 0. The molecule has 0 spiro atoms. The number of non-ortho nitro benzene ring substituents is 1. The molecule has 10 nitrogen and oxygen atoms in total. The van der Waals surface area contributed by atoms with Gasteiger partial charge in [-0.2, -0.15) is 10.1 Å². The van der Waals surface area contributed by atoms with E-state index in [0.717, 1.165) is 21.2 Å². The van der Waals surface area contributed by atoms with Gasteiger partial charge in [0.25, 0.3) is 11.6 Å². The Kier molecular flexibility index (Phi) is 6.24. The number of halogens is 1. The van der Waals surface area contributed by atoms with Gasteiger partial charge in [-0.1, -0.05) is 17.4 Å². The van der Waals surface area contributed by atoms with Crippen molar-refractivity contribution >= 4 is 62.0 Å². The van der Waals surface area contributed by atoms with E-state index >= 15 is 0 Å². The Balaban J connectivity index is 1.53. The summed E-state index contributed by atoms with van der Waals surface area (Å²) in [5, 5.41) is 16.4. The van der Waals surface area contributed by atoms with E-state index in [-0.39, 0.29) is 46.7 Å². The van der Waals surface area contributed by atoms with Gasteiger partial charge in [0.1, 0.15) is 5.82 Å². The Morgan fingerprint density at radius 3 is 2.51 bits per heavy atom. The molecule has 2 heterocycles. The van der Waals surface area contributed by atoms with Crippen LogP contribution in [0.5, 0.6) is 0 Å². The summed E-state index contributed by atoms with van der Waals surface area (Å²) in [6.07, 6.45) is 1.54. The fraction of sp³-hybridized carbons (Fsp3) is 0.0800. The summed E-state index contributed by atoms with van der Waals surface area (Å²) in [4.78, 5) is 53.8. The number of carbonyl (C=O) groups is 3. The molecule has 0 radical (unpaired) electrons. The zero-order valence-electron chi connectivity index (χ0n) is 18.9. The summed E-state index contributed by atoms with van der Waals surface area (Å²) >= 11 is 1.05. The molecule has 0 saturated carbocycles. The number of rotatable bonds is 6. The van der Waals surface area contributed by atoms with Gasteiger partial charge in [-0.25, -0.2) is 9.37 Å². The van der Waals surface area contributed by atoms with Crippen molar-refractivity contribution in [2.45, 2.75) is 12.8 Å². The van der Waals surface area contributed by atoms with Crippen LogP contribution < -0.4 is 9.91 Å². The molecule has 1 fully saturated rings. The Labute approximate surface area is 212 Å². The largest absolute Gasteiger partial charge is 0.280 e. The molecule has 1 saturated heterocycles. The molecule has 0 N–H and O–H groups in total. The minimum atomic E-state index is -0.612. The monoisotopic (exact) mass is 517 g/mol. The number of carbonyl (C=O) groups excluding carboxylic acids is 3. The van der Waals surface area contributed by atoms with E-state index < -0.39 is 16.6 Å². The van der Waals surface area contributed by atoms with Crippen LogP contribution in [0.25, 0.3) is 10.2 Å². The first kappa shape index (κ1) is 23.9. The quantitative estimate of drug-likeness (QED) is 0.158. The second-order valence-electron chi connectivity index (χ2n) is 7.99. The average molecular weight is 517 g/mol. The van der Waals surface area contributed by atoms with Gasteiger partial charge in [-0.3, -0.25) is 29.4 Å². The zero-order valence-corrected chi connectivity index (χ0v) is 19.7. The van der Waals surface area contributed by atoms with Crippen molar-refractivity contribution in [3.63, 3.8) is 0 Å². The molecule has 1 aliphatic heterocycles. The SMILES string of the molecule is O=C(c1cccc(N2C(=O)CCC2=O)c1)N(/N=C/c1ccc([N+](=O)[O-])cc1)c1nc2ccc(F)cc2s1. The summed E-state index contributed by atoms with van der Waals surface area (Å²) in [5.41, 5.74) is 1.26. The van der Waals surface area contributed by atoms with Gasteiger partial charge >= 0.3 is 0 Å². The highest BCUT2D eigenvalue weighted by Gasteiger charge is 2.31. The second-order valence-corrected chi connectivity index (χ2v) is 9.00.